The fraction of sp³-hybridized carbons (Fsp3) is 0.929. The Kier molecular flexibility index (Phi) is 3.34. The third-order valence-electron chi connectivity index (χ3n) is 4.10. The van der Waals surface area contributed by atoms with E-state index in [0.717, 1.165) is 13.1 Å². The molecule has 2 rings (SSSR count). The van der Waals surface area contributed by atoms with E-state index in [2.05, 4.69) is 19.2 Å². The van der Waals surface area contributed by atoms with Gasteiger partial charge in [0.2, 0.25) is 0 Å². The summed E-state index contributed by atoms with van der Waals surface area (Å²) in [5, 5.41) is 3.62. The maximum atomic E-state index is 11.8. The Morgan fingerprint density at radius 2 is 1.94 bits per heavy atom. The summed E-state index contributed by atoms with van der Waals surface area (Å²) in [6.45, 7) is 11.8. The van der Waals surface area contributed by atoms with Crippen LogP contribution in [0.5, 0.6) is 0 Å². The molecule has 1 saturated heterocycles. The summed E-state index contributed by atoms with van der Waals surface area (Å²) in [5.41, 5.74) is 0.0940. The molecular weight excluding hydrogens is 228 g/mol. The predicted octanol–water partition coefficient (Wildman–Crippen LogP) is 2.38. The van der Waals surface area contributed by atoms with Crippen LogP contribution in [0.25, 0.3) is 0 Å². The molecule has 4 heteroatoms. The molecule has 1 amide bonds. The Bertz CT molecular complexity index is 325. The second-order valence-corrected chi connectivity index (χ2v) is 7.12. The summed E-state index contributed by atoms with van der Waals surface area (Å²) in [4.78, 5) is 13.5. The first-order valence-electron chi connectivity index (χ1n) is 6.94. The lowest BCUT2D eigenvalue weighted by Gasteiger charge is -2.42. The molecule has 0 spiro atoms. The molecule has 2 fully saturated rings. The Morgan fingerprint density at radius 1 is 1.39 bits per heavy atom. The van der Waals surface area contributed by atoms with Crippen molar-refractivity contribution in [2.75, 3.05) is 13.1 Å². The first kappa shape index (κ1) is 13.7. The zero-order chi connectivity index (χ0) is 13.6. The standard InChI is InChI=1S/C14H26N2O2/c1-10(14(5)6-7-14)15-11-8-16(9-11)12(17)18-13(2,3)4/h10-11,15H,6-9H2,1-5H3. The summed E-state index contributed by atoms with van der Waals surface area (Å²) < 4.78 is 5.33. The van der Waals surface area contributed by atoms with Crippen LogP contribution in [0.1, 0.15) is 47.5 Å². The zero-order valence-corrected chi connectivity index (χ0v) is 12.2. The van der Waals surface area contributed by atoms with Gasteiger partial charge < -0.3 is 15.0 Å². The van der Waals surface area contributed by atoms with Gasteiger partial charge in [-0.05, 0) is 46.0 Å². The van der Waals surface area contributed by atoms with Crippen LogP contribution >= 0.6 is 0 Å². The minimum absolute atomic E-state index is 0.189. The number of hydrogen-bond acceptors (Lipinski definition) is 3. The summed E-state index contributed by atoms with van der Waals surface area (Å²) in [6, 6.07) is 0.980. The largest absolute Gasteiger partial charge is 0.444 e. The van der Waals surface area contributed by atoms with Gasteiger partial charge >= 0.3 is 6.09 Å². The van der Waals surface area contributed by atoms with Crippen LogP contribution in [0.2, 0.25) is 0 Å². The molecule has 1 atom stereocenters. The van der Waals surface area contributed by atoms with Crippen molar-refractivity contribution in [2.45, 2.75) is 65.1 Å². The van der Waals surface area contributed by atoms with E-state index in [1.165, 1.54) is 12.8 Å². The smallest absolute Gasteiger partial charge is 0.410 e. The van der Waals surface area contributed by atoms with E-state index in [0.29, 0.717) is 17.5 Å². The lowest BCUT2D eigenvalue weighted by Crippen LogP contribution is -2.62. The molecule has 1 heterocycles. The molecule has 2 aliphatic rings. The highest BCUT2D eigenvalue weighted by molar-refractivity contribution is 5.69. The van der Waals surface area contributed by atoms with Crippen molar-refractivity contribution in [2.24, 2.45) is 5.41 Å². The molecule has 0 radical (unpaired) electrons. The van der Waals surface area contributed by atoms with E-state index in [9.17, 15) is 4.79 Å². The molecule has 0 aromatic carbocycles. The van der Waals surface area contributed by atoms with Crippen LogP contribution in [-0.2, 0) is 4.74 Å². The Labute approximate surface area is 110 Å². The maximum absolute atomic E-state index is 11.8. The van der Waals surface area contributed by atoms with E-state index < -0.39 is 5.60 Å². The van der Waals surface area contributed by atoms with E-state index in [1.54, 1.807) is 4.90 Å². The lowest BCUT2D eigenvalue weighted by molar-refractivity contribution is 0.00351. The van der Waals surface area contributed by atoms with Crippen LogP contribution in [0.15, 0.2) is 0 Å². The van der Waals surface area contributed by atoms with E-state index in [4.69, 9.17) is 4.74 Å². The molecule has 1 N–H and O–H groups in total. The minimum Gasteiger partial charge on any atom is -0.444 e. The van der Waals surface area contributed by atoms with E-state index >= 15 is 0 Å². The molecule has 1 aliphatic carbocycles. The van der Waals surface area contributed by atoms with Gasteiger partial charge in [-0.2, -0.15) is 0 Å². The predicted molar refractivity (Wildman–Crippen MR) is 71.5 cm³/mol. The molecule has 0 aromatic rings. The first-order valence-corrected chi connectivity index (χ1v) is 6.94. The Hall–Kier alpha value is -0.770. The summed E-state index contributed by atoms with van der Waals surface area (Å²) >= 11 is 0. The number of hydrogen-bond donors (Lipinski definition) is 1. The molecule has 4 nitrogen and oxygen atoms in total. The summed E-state index contributed by atoms with van der Waals surface area (Å²) in [6.07, 6.45) is 2.46. The van der Waals surface area contributed by atoms with Crippen molar-refractivity contribution in [3.05, 3.63) is 0 Å². The van der Waals surface area contributed by atoms with E-state index in [-0.39, 0.29) is 6.09 Å². The zero-order valence-electron chi connectivity index (χ0n) is 12.2. The number of nitrogens with one attached hydrogen (secondary N) is 1. The average Bonchev–Trinajstić information content (AvgIpc) is 2.87. The van der Waals surface area contributed by atoms with Crippen molar-refractivity contribution < 1.29 is 9.53 Å². The van der Waals surface area contributed by atoms with Crippen molar-refractivity contribution in [3.63, 3.8) is 0 Å². The van der Waals surface area contributed by atoms with Crippen LogP contribution in [0.4, 0.5) is 4.79 Å². The molecule has 1 aliphatic heterocycles. The summed E-state index contributed by atoms with van der Waals surface area (Å²) in [7, 11) is 0. The number of nitrogens with zero attached hydrogens (tertiary/aromatic N) is 1. The number of likely N-dealkylation sites (tertiary alicyclic amines) is 1. The van der Waals surface area contributed by atoms with Crippen LogP contribution < -0.4 is 5.32 Å². The Balaban J connectivity index is 1.69. The van der Waals surface area contributed by atoms with E-state index in [1.807, 2.05) is 20.8 Å². The van der Waals surface area contributed by atoms with Gasteiger partial charge in [0, 0.05) is 25.2 Å². The number of carbonyl (C=O) groups is 1. The third kappa shape index (κ3) is 3.16. The van der Waals surface area contributed by atoms with Gasteiger partial charge in [0.15, 0.2) is 0 Å². The van der Waals surface area contributed by atoms with Gasteiger partial charge in [0.05, 0.1) is 0 Å². The maximum Gasteiger partial charge on any atom is 0.410 e. The molecule has 1 saturated carbocycles. The van der Waals surface area contributed by atoms with Gasteiger partial charge in [-0.3, -0.25) is 0 Å². The minimum atomic E-state index is -0.398. The molecule has 0 aromatic heterocycles. The highest BCUT2D eigenvalue weighted by Gasteiger charge is 2.44. The SMILES string of the molecule is CC(NC1CN(C(=O)OC(C)(C)C)C1)C1(C)CC1. The fourth-order valence-electron chi connectivity index (χ4n) is 2.24. The third-order valence-corrected chi connectivity index (χ3v) is 4.10. The molecule has 1 unspecified atom stereocenters. The van der Waals surface area contributed by atoms with Crippen LogP contribution in [-0.4, -0.2) is 41.8 Å². The van der Waals surface area contributed by atoms with Gasteiger partial charge in [-0.1, -0.05) is 6.92 Å². The van der Waals surface area contributed by atoms with Crippen molar-refractivity contribution in [1.82, 2.24) is 10.2 Å². The fourth-order valence-corrected chi connectivity index (χ4v) is 2.24. The number of rotatable bonds is 3. The molecule has 104 valence electrons. The Morgan fingerprint density at radius 3 is 2.39 bits per heavy atom. The quantitative estimate of drug-likeness (QED) is 0.840. The van der Waals surface area contributed by atoms with Crippen molar-refractivity contribution >= 4 is 6.09 Å². The highest BCUT2D eigenvalue weighted by Crippen LogP contribution is 2.48. The van der Waals surface area contributed by atoms with Gasteiger partial charge in [-0.25, -0.2) is 4.79 Å². The van der Waals surface area contributed by atoms with Gasteiger partial charge in [0.25, 0.3) is 0 Å². The number of amides is 1. The highest BCUT2D eigenvalue weighted by atomic mass is 16.6. The second kappa shape index (κ2) is 4.41. The molecule has 18 heavy (non-hydrogen) atoms. The summed E-state index contributed by atoms with van der Waals surface area (Å²) in [5.74, 6) is 0. The molecular formula is C14H26N2O2. The average molecular weight is 254 g/mol. The number of carbonyl (C=O) groups excluding carboxylic acids is 1. The monoisotopic (exact) mass is 254 g/mol. The van der Waals surface area contributed by atoms with Crippen molar-refractivity contribution in [1.29, 1.82) is 0 Å². The van der Waals surface area contributed by atoms with Crippen LogP contribution in [0, 0.1) is 5.41 Å². The first-order chi connectivity index (χ1) is 8.20. The molecule has 0 bridgehead atoms. The second-order valence-electron chi connectivity index (χ2n) is 7.12. The topological polar surface area (TPSA) is 41.6 Å². The number of ether oxygens (including phenoxy) is 1. The lowest BCUT2D eigenvalue weighted by atomic mass is 9.98. The van der Waals surface area contributed by atoms with Gasteiger partial charge in [-0.15, -0.1) is 0 Å². The van der Waals surface area contributed by atoms with Gasteiger partial charge in [0.1, 0.15) is 5.60 Å². The van der Waals surface area contributed by atoms with Crippen molar-refractivity contribution in [3.8, 4) is 0 Å². The van der Waals surface area contributed by atoms with Crippen LogP contribution in [0.3, 0.4) is 0 Å². The normalized spacial score (nSPS) is 24.4.